The Morgan fingerprint density at radius 2 is 2.06 bits per heavy atom. The highest BCUT2D eigenvalue weighted by Crippen LogP contribution is 2.36. The van der Waals surface area contributed by atoms with Crippen molar-refractivity contribution in [2.75, 3.05) is 0 Å². The second kappa shape index (κ2) is 4.18. The Hall–Kier alpha value is -1.88. The van der Waals surface area contributed by atoms with Crippen LogP contribution in [0.15, 0.2) is 29.8 Å². The monoisotopic (exact) mass is 225 g/mol. The minimum absolute atomic E-state index is 0.0781. The molecule has 0 saturated carbocycles. The van der Waals surface area contributed by atoms with Gasteiger partial charge in [0.15, 0.2) is 5.78 Å². The van der Waals surface area contributed by atoms with Crippen LogP contribution >= 0.6 is 0 Å². The second-order valence-corrected chi connectivity index (χ2v) is 4.66. The van der Waals surface area contributed by atoms with Crippen molar-refractivity contribution in [2.45, 2.75) is 26.7 Å². The highest BCUT2D eigenvalue weighted by atomic mass is 16.1. The number of rotatable bonds is 2. The van der Waals surface area contributed by atoms with Gasteiger partial charge in [0.05, 0.1) is 6.07 Å². The van der Waals surface area contributed by atoms with Crippen LogP contribution in [0.4, 0.5) is 0 Å². The maximum Gasteiger partial charge on any atom is 0.153 e. The minimum atomic E-state index is -0.965. The normalized spacial score (nSPS) is 17.4. The van der Waals surface area contributed by atoms with E-state index in [9.17, 15) is 10.1 Å². The number of hydrogen-bond donors (Lipinski definition) is 0. The summed E-state index contributed by atoms with van der Waals surface area (Å²) in [4.78, 5) is 11.6. The number of nitrogens with zero attached hydrogens (tertiary/aromatic N) is 1. The molecule has 0 radical (unpaired) electrons. The van der Waals surface area contributed by atoms with Gasteiger partial charge in [0.1, 0.15) is 5.41 Å². The fraction of sp³-hybridized carbons (Fsp3) is 0.333. The highest BCUT2D eigenvalue weighted by molar-refractivity contribution is 5.90. The minimum Gasteiger partial charge on any atom is -0.298 e. The summed E-state index contributed by atoms with van der Waals surface area (Å²) < 4.78 is 0. The van der Waals surface area contributed by atoms with Gasteiger partial charge in [-0.3, -0.25) is 4.79 Å². The number of fused-ring (bicyclic) bond motifs is 1. The molecular formula is C15H15NO. The molecule has 0 amide bonds. The third-order valence-electron chi connectivity index (χ3n) is 3.62. The first-order chi connectivity index (χ1) is 8.08. The Morgan fingerprint density at radius 1 is 1.35 bits per heavy atom. The standard InChI is InChI=1S/C15H15NO/c1-11(17)15(2,10-16)14-8-7-12-5-3-4-6-13(12)9-14/h3-6,9H,7-8H2,1-2H3. The van der Waals surface area contributed by atoms with Crippen molar-refractivity contribution in [2.24, 2.45) is 5.41 Å². The van der Waals surface area contributed by atoms with E-state index in [1.807, 2.05) is 24.3 Å². The number of aryl methyl sites for hydroxylation is 1. The van der Waals surface area contributed by atoms with E-state index in [1.165, 1.54) is 12.5 Å². The number of hydrogen-bond acceptors (Lipinski definition) is 2. The van der Waals surface area contributed by atoms with Gasteiger partial charge in [-0.05, 0) is 43.4 Å². The highest BCUT2D eigenvalue weighted by Gasteiger charge is 2.35. The zero-order valence-electron chi connectivity index (χ0n) is 10.2. The van der Waals surface area contributed by atoms with Gasteiger partial charge < -0.3 is 0 Å². The summed E-state index contributed by atoms with van der Waals surface area (Å²) in [5, 5.41) is 9.24. The fourth-order valence-electron chi connectivity index (χ4n) is 2.20. The number of allylic oxidation sites excluding steroid dienone is 1. The van der Waals surface area contributed by atoms with Gasteiger partial charge in [-0.25, -0.2) is 0 Å². The summed E-state index contributed by atoms with van der Waals surface area (Å²) in [5.74, 6) is -0.0781. The van der Waals surface area contributed by atoms with E-state index in [0.717, 1.165) is 24.0 Å². The van der Waals surface area contributed by atoms with Crippen LogP contribution in [-0.4, -0.2) is 5.78 Å². The molecule has 17 heavy (non-hydrogen) atoms. The Bertz CT molecular complexity index is 536. The van der Waals surface area contributed by atoms with Crippen molar-refractivity contribution in [3.8, 4) is 6.07 Å². The van der Waals surface area contributed by atoms with Gasteiger partial charge in [0, 0.05) is 0 Å². The molecule has 0 bridgehead atoms. The summed E-state index contributed by atoms with van der Waals surface area (Å²) in [6.07, 6.45) is 3.71. The van der Waals surface area contributed by atoms with E-state index in [0.29, 0.717) is 0 Å². The zero-order valence-corrected chi connectivity index (χ0v) is 10.2. The summed E-state index contributed by atoms with van der Waals surface area (Å²) >= 11 is 0. The van der Waals surface area contributed by atoms with E-state index >= 15 is 0 Å². The molecule has 1 atom stereocenters. The van der Waals surface area contributed by atoms with E-state index in [-0.39, 0.29) is 5.78 Å². The van der Waals surface area contributed by atoms with Crippen LogP contribution in [0.2, 0.25) is 0 Å². The number of carbonyl (C=O) groups is 1. The van der Waals surface area contributed by atoms with Crippen molar-refractivity contribution in [3.63, 3.8) is 0 Å². The molecule has 1 aromatic rings. The van der Waals surface area contributed by atoms with Crippen molar-refractivity contribution >= 4 is 11.9 Å². The Kier molecular flexibility index (Phi) is 2.85. The maximum absolute atomic E-state index is 11.6. The molecule has 0 spiro atoms. The third kappa shape index (κ3) is 1.89. The average Bonchev–Trinajstić information content (AvgIpc) is 2.37. The van der Waals surface area contributed by atoms with Crippen LogP contribution in [-0.2, 0) is 11.2 Å². The number of carbonyl (C=O) groups excluding carboxylic acids is 1. The first-order valence-corrected chi connectivity index (χ1v) is 5.79. The lowest BCUT2D eigenvalue weighted by atomic mass is 9.74. The van der Waals surface area contributed by atoms with Crippen molar-refractivity contribution in [1.29, 1.82) is 5.26 Å². The number of Topliss-reactive ketones (excluding diaryl/α,β-unsaturated/α-hetero) is 1. The number of nitriles is 1. The number of benzene rings is 1. The van der Waals surface area contributed by atoms with Crippen molar-refractivity contribution in [3.05, 3.63) is 41.0 Å². The molecule has 1 aliphatic rings. The Labute approximate surface area is 102 Å². The molecular weight excluding hydrogens is 210 g/mol. The fourth-order valence-corrected chi connectivity index (χ4v) is 2.20. The summed E-state index contributed by atoms with van der Waals surface area (Å²) in [5.41, 5.74) is 2.40. The molecule has 0 aromatic heterocycles. The second-order valence-electron chi connectivity index (χ2n) is 4.66. The predicted molar refractivity (Wildman–Crippen MR) is 67.1 cm³/mol. The van der Waals surface area contributed by atoms with Gasteiger partial charge in [0.25, 0.3) is 0 Å². The summed E-state index contributed by atoms with van der Waals surface area (Å²) in [6, 6.07) is 10.3. The molecule has 0 N–H and O–H groups in total. The molecule has 0 saturated heterocycles. The molecule has 0 heterocycles. The third-order valence-corrected chi connectivity index (χ3v) is 3.62. The van der Waals surface area contributed by atoms with E-state index in [1.54, 1.807) is 6.92 Å². The lowest BCUT2D eigenvalue weighted by molar-refractivity contribution is -0.121. The van der Waals surface area contributed by atoms with E-state index in [2.05, 4.69) is 12.1 Å². The lowest BCUT2D eigenvalue weighted by Gasteiger charge is -2.26. The quantitative estimate of drug-likeness (QED) is 0.775. The van der Waals surface area contributed by atoms with Crippen LogP contribution in [0.3, 0.4) is 0 Å². The molecule has 2 heteroatoms. The van der Waals surface area contributed by atoms with Gasteiger partial charge in [-0.1, -0.05) is 30.3 Å². The first-order valence-electron chi connectivity index (χ1n) is 5.79. The van der Waals surface area contributed by atoms with Crippen LogP contribution in [0.25, 0.3) is 6.08 Å². The lowest BCUT2D eigenvalue weighted by Crippen LogP contribution is -2.27. The SMILES string of the molecule is CC(=O)C(C)(C#N)C1=Cc2ccccc2CC1. The Morgan fingerprint density at radius 3 is 2.71 bits per heavy atom. The van der Waals surface area contributed by atoms with Crippen molar-refractivity contribution in [1.82, 2.24) is 0 Å². The number of ketones is 1. The molecule has 0 aliphatic heterocycles. The molecule has 2 rings (SSSR count). The van der Waals surface area contributed by atoms with Crippen LogP contribution < -0.4 is 0 Å². The molecule has 2 nitrogen and oxygen atoms in total. The van der Waals surface area contributed by atoms with Crippen LogP contribution in [0.1, 0.15) is 31.4 Å². The van der Waals surface area contributed by atoms with E-state index in [4.69, 9.17) is 0 Å². The molecule has 0 fully saturated rings. The molecule has 86 valence electrons. The zero-order chi connectivity index (χ0) is 12.5. The molecule has 1 aliphatic carbocycles. The maximum atomic E-state index is 11.6. The average molecular weight is 225 g/mol. The molecule has 1 unspecified atom stereocenters. The van der Waals surface area contributed by atoms with Crippen molar-refractivity contribution < 1.29 is 4.79 Å². The van der Waals surface area contributed by atoms with Gasteiger partial charge in [0.2, 0.25) is 0 Å². The summed E-state index contributed by atoms with van der Waals surface area (Å²) in [7, 11) is 0. The van der Waals surface area contributed by atoms with Gasteiger partial charge >= 0.3 is 0 Å². The Balaban J connectivity index is 2.48. The molecule has 1 aromatic carbocycles. The largest absolute Gasteiger partial charge is 0.298 e. The van der Waals surface area contributed by atoms with Crippen LogP contribution in [0, 0.1) is 16.7 Å². The van der Waals surface area contributed by atoms with Gasteiger partial charge in [-0.15, -0.1) is 0 Å². The smallest absolute Gasteiger partial charge is 0.153 e. The van der Waals surface area contributed by atoms with Crippen LogP contribution in [0.5, 0.6) is 0 Å². The predicted octanol–water partition coefficient (Wildman–Crippen LogP) is 3.14. The first kappa shape index (κ1) is 11.6. The topological polar surface area (TPSA) is 40.9 Å². The van der Waals surface area contributed by atoms with Gasteiger partial charge in [-0.2, -0.15) is 5.26 Å². The van der Waals surface area contributed by atoms with E-state index < -0.39 is 5.41 Å². The summed E-state index contributed by atoms with van der Waals surface area (Å²) in [6.45, 7) is 3.21.